The van der Waals surface area contributed by atoms with Crippen molar-refractivity contribution in [3.63, 3.8) is 0 Å². The Morgan fingerprint density at radius 1 is 1.00 bits per heavy atom. The maximum atomic E-state index is 10.4. The Labute approximate surface area is 130 Å². The molecule has 0 aromatic heterocycles. The molecule has 0 radical (unpaired) electrons. The Morgan fingerprint density at radius 2 is 1.61 bits per heavy atom. The van der Waals surface area contributed by atoms with Gasteiger partial charge in [0.25, 0.3) is 0 Å². The van der Waals surface area contributed by atoms with E-state index in [1.165, 1.54) is 0 Å². The molecule has 9 N–H and O–H groups in total. The first-order valence-electron chi connectivity index (χ1n) is 7.03. The lowest BCUT2D eigenvalue weighted by Crippen LogP contribution is -2.75. The fourth-order valence-corrected chi connectivity index (χ4v) is 2.82. The fraction of sp³-hybridized carbons (Fsp3) is 1.00. The molecule has 0 saturated carbocycles. The van der Waals surface area contributed by atoms with Gasteiger partial charge in [-0.05, 0) is 0 Å². The third-order valence-electron chi connectivity index (χ3n) is 4.38. The molecule has 11 nitrogen and oxygen atoms in total. The van der Waals surface area contributed by atoms with Crippen molar-refractivity contribution in [2.45, 2.75) is 60.7 Å². The van der Waals surface area contributed by atoms with E-state index in [2.05, 4.69) is 0 Å². The van der Waals surface area contributed by atoms with E-state index in [4.69, 9.17) is 14.6 Å². The molecular weight excluding hydrogens is 320 g/mol. The Kier molecular flexibility index (Phi) is 5.60. The molecule has 0 bridgehead atoms. The molecule has 2 aliphatic rings. The molecule has 0 aliphatic carbocycles. The minimum Gasteiger partial charge on any atom is -0.394 e. The van der Waals surface area contributed by atoms with Gasteiger partial charge in [-0.25, -0.2) is 0 Å². The first-order valence-corrected chi connectivity index (χ1v) is 7.03. The van der Waals surface area contributed by atoms with E-state index in [9.17, 15) is 40.9 Å². The van der Waals surface area contributed by atoms with Crippen LogP contribution in [-0.2, 0) is 9.47 Å². The molecule has 2 fully saturated rings. The van der Waals surface area contributed by atoms with Gasteiger partial charge in [-0.2, -0.15) is 0 Å². The largest absolute Gasteiger partial charge is 0.394 e. The zero-order chi connectivity index (χ0) is 17.5. The van der Waals surface area contributed by atoms with Crippen LogP contribution in [0.5, 0.6) is 0 Å². The monoisotopic (exact) mass is 342 g/mol. The van der Waals surface area contributed by atoms with Crippen LogP contribution in [0, 0.1) is 0 Å². The minimum atomic E-state index is -2.88. The Bertz CT molecular complexity index is 408. The molecule has 2 heterocycles. The predicted molar refractivity (Wildman–Crippen MR) is 68.7 cm³/mol. The van der Waals surface area contributed by atoms with Crippen LogP contribution in [0.25, 0.3) is 0 Å². The van der Waals surface area contributed by atoms with Gasteiger partial charge in [-0.15, -0.1) is 0 Å². The van der Waals surface area contributed by atoms with Crippen molar-refractivity contribution in [3.05, 3.63) is 0 Å². The molecule has 2 aliphatic heterocycles. The van der Waals surface area contributed by atoms with Crippen molar-refractivity contribution < 1.29 is 55.4 Å². The summed E-state index contributed by atoms with van der Waals surface area (Å²) in [5.41, 5.74) is -2.88. The van der Waals surface area contributed by atoms with Crippen LogP contribution in [-0.4, -0.2) is 120 Å². The highest BCUT2D eigenvalue weighted by Crippen LogP contribution is 2.35. The van der Waals surface area contributed by atoms with Gasteiger partial charge in [0.15, 0.2) is 11.9 Å². The quantitative estimate of drug-likeness (QED) is 0.236. The van der Waals surface area contributed by atoms with Gasteiger partial charge in [-0.1, -0.05) is 0 Å². The summed E-state index contributed by atoms with van der Waals surface area (Å²) >= 11 is 0. The van der Waals surface area contributed by atoms with Crippen molar-refractivity contribution in [1.29, 1.82) is 0 Å². The summed E-state index contributed by atoms with van der Waals surface area (Å²) in [7, 11) is 0. The minimum absolute atomic E-state index is 0.481. The Hall–Kier alpha value is -0.440. The molecular formula is C12H22O11. The Morgan fingerprint density at radius 3 is 2.17 bits per heavy atom. The molecule has 11 heteroatoms. The van der Waals surface area contributed by atoms with Crippen LogP contribution in [0.1, 0.15) is 0 Å². The summed E-state index contributed by atoms with van der Waals surface area (Å²) in [6, 6.07) is 0. The highest BCUT2D eigenvalue weighted by molar-refractivity contribution is 5.08. The van der Waals surface area contributed by atoms with E-state index >= 15 is 0 Å². The van der Waals surface area contributed by atoms with E-state index in [1.54, 1.807) is 0 Å². The van der Waals surface area contributed by atoms with Gasteiger partial charge in [0.05, 0.1) is 13.2 Å². The number of rotatable bonds is 3. The zero-order valence-corrected chi connectivity index (χ0v) is 12.0. The molecule has 136 valence electrons. The highest BCUT2D eigenvalue weighted by Gasteiger charge is 2.61. The predicted octanol–water partition coefficient (Wildman–Crippen LogP) is -6.01. The van der Waals surface area contributed by atoms with Gasteiger partial charge in [0.2, 0.25) is 0 Å². The van der Waals surface area contributed by atoms with E-state index in [0.717, 1.165) is 0 Å². The van der Waals surface area contributed by atoms with Crippen LogP contribution < -0.4 is 0 Å². The number of hydrogen-bond acceptors (Lipinski definition) is 11. The number of hydrogen-bond donors (Lipinski definition) is 9. The second kappa shape index (κ2) is 6.82. The summed E-state index contributed by atoms with van der Waals surface area (Å²) in [4.78, 5) is 0. The van der Waals surface area contributed by atoms with Crippen molar-refractivity contribution in [3.8, 4) is 0 Å². The normalized spacial score (nSPS) is 53.1. The van der Waals surface area contributed by atoms with Gasteiger partial charge >= 0.3 is 0 Å². The first-order chi connectivity index (χ1) is 10.7. The maximum Gasteiger partial charge on any atom is 0.189 e. The van der Waals surface area contributed by atoms with Crippen LogP contribution >= 0.6 is 0 Å². The van der Waals surface area contributed by atoms with Crippen molar-refractivity contribution in [1.82, 2.24) is 0 Å². The lowest BCUT2D eigenvalue weighted by Gasteiger charge is -2.50. The topological polar surface area (TPSA) is 201 Å². The van der Waals surface area contributed by atoms with Crippen LogP contribution in [0.3, 0.4) is 0 Å². The third-order valence-corrected chi connectivity index (χ3v) is 4.38. The zero-order valence-electron chi connectivity index (χ0n) is 12.0. The van der Waals surface area contributed by atoms with Crippen molar-refractivity contribution in [2.24, 2.45) is 0 Å². The molecule has 2 saturated heterocycles. The number of aliphatic hydroxyl groups excluding tert-OH is 8. The van der Waals surface area contributed by atoms with Crippen LogP contribution in [0.2, 0.25) is 0 Å². The lowest BCUT2D eigenvalue weighted by molar-refractivity contribution is -0.364. The van der Waals surface area contributed by atoms with Gasteiger partial charge < -0.3 is 55.4 Å². The second-order valence-electron chi connectivity index (χ2n) is 5.82. The van der Waals surface area contributed by atoms with E-state index in [0.29, 0.717) is 0 Å². The summed E-state index contributed by atoms with van der Waals surface area (Å²) in [5, 5.41) is 88.1. The molecule has 0 amide bonds. The molecule has 0 aromatic carbocycles. The average Bonchev–Trinajstić information content (AvgIpc) is 2.53. The number of aliphatic hydroxyl groups is 9. The molecule has 0 spiro atoms. The van der Waals surface area contributed by atoms with Gasteiger partial charge in [-0.3, -0.25) is 0 Å². The van der Waals surface area contributed by atoms with Gasteiger partial charge in [0, 0.05) is 0 Å². The summed E-state index contributed by atoms with van der Waals surface area (Å²) in [6.45, 7) is -1.25. The van der Waals surface area contributed by atoms with E-state index in [-0.39, 0.29) is 0 Å². The van der Waals surface area contributed by atoms with E-state index in [1.807, 2.05) is 0 Å². The first kappa shape index (κ1) is 18.9. The molecule has 1 unspecified atom stereocenters. The second-order valence-corrected chi connectivity index (χ2v) is 5.82. The number of ether oxygens (including phenoxy) is 2. The fourth-order valence-electron chi connectivity index (χ4n) is 2.82. The van der Waals surface area contributed by atoms with E-state index < -0.39 is 73.9 Å². The van der Waals surface area contributed by atoms with Crippen molar-refractivity contribution in [2.75, 3.05) is 13.2 Å². The maximum absolute atomic E-state index is 10.4. The van der Waals surface area contributed by atoms with Crippen LogP contribution in [0.15, 0.2) is 0 Å². The molecule has 0 aromatic rings. The molecule has 10 atom stereocenters. The SMILES string of the molecule is OC[C@H]1O[C@H](O)[C@@](O)(C(O)[C@H]2OC[C@H](O)[C@@H](O)[C@H]2O)[C@@H](O)[C@@H]1O. The van der Waals surface area contributed by atoms with Crippen LogP contribution in [0.4, 0.5) is 0 Å². The Balaban J connectivity index is 2.24. The summed E-state index contributed by atoms with van der Waals surface area (Å²) in [5.74, 6) is 0. The summed E-state index contributed by atoms with van der Waals surface area (Å²) in [6.07, 6.45) is -16.5. The lowest BCUT2D eigenvalue weighted by atomic mass is 9.78. The summed E-state index contributed by atoms with van der Waals surface area (Å²) < 4.78 is 9.72. The average molecular weight is 342 g/mol. The highest BCUT2D eigenvalue weighted by atomic mass is 16.6. The smallest absolute Gasteiger partial charge is 0.189 e. The third kappa shape index (κ3) is 2.99. The molecule has 23 heavy (non-hydrogen) atoms. The standard InChI is InChI=1S/C12H22O11/c13-1-4-6(16)9(18)12(21,11(20)23-4)10(19)8-7(17)5(15)3(14)2-22-8/h3-11,13-21H,1-2H2/t3-,4+,5+,6+,7+,8-,9-,10?,11-,12-/m0/s1. The molecule has 2 rings (SSSR count). The van der Waals surface area contributed by atoms with Crippen molar-refractivity contribution >= 4 is 0 Å². The van der Waals surface area contributed by atoms with Gasteiger partial charge in [0.1, 0.15) is 48.8 Å².